The molecular formula is C20H26BrNO. The van der Waals surface area contributed by atoms with Crippen LogP contribution < -0.4 is 0 Å². The van der Waals surface area contributed by atoms with Crippen molar-refractivity contribution in [2.24, 2.45) is 0 Å². The molecule has 0 unspecified atom stereocenters. The number of pyridine rings is 1. The molecule has 2 nitrogen and oxygen atoms in total. The monoisotopic (exact) mass is 375 g/mol. The lowest BCUT2D eigenvalue weighted by Gasteiger charge is -2.01. The number of aromatic nitrogens is 1. The summed E-state index contributed by atoms with van der Waals surface area (Å²) in [7, 11) is 0. The van der Waals surface area contributed by atoms with Crippen LogP contribution in [0.1, 0.15) is 36.2 Å². The molecule has 124 valence electrons. The first-order chi connectivity index (χ1) is 10.8. The lowest BCUT2D eigenvalue weighted by Crippen LogP contribution is -1.84. The molecule has 0 fully saturated rings. The number of ketones is 1. The highest BCUT2D eigenvalue weighted by Gasteiger charge is 1.94. The normalized spacial score (nSPS) is 8.96. The van der Waals surface area contributed by atoms with E-state index in [0.29, 0.717) is 0 Å². The van der Waals surface area contributed by atoms with Crippen LogP contribution in [0.15, 0.2) is 53.7 Å². The minimum Gasteiger partial charge on any atom is -0.295 e. The van der Waals surface area contributed by atoms with Gasteiger partial charge in [-0.25, -0.2) is 0 Å². The first-order valence-corrected chi connectivity index (χ1v) is 8.36. The number of hydrogen-bond donors (Lipinski definition) is 0. The average Bonchev–Trinajstić information content (AvgIpc) is 2.51. The molecule has 0 aliphatic rings. The molecule has 1 aromatic heterocycles. The molecule has 0 amide bonds. The van der Waals surface area contributed by atoms with Gasteiger partial charge in [-0.1, -0.05) is 41.6 Å². The molecule has 0 bridgehead atoms. The third-order valence-electron chi connectivity index (χ3n) is 3.03. The Labute approximate surface area is 148 Å². The summed E-state index contributed by atoms with van der Waals surface area (Å²) >= 11 is 3.43. The Morgan fingerprint density at radius 3 is 2.17 bits per heavy atom. The van der Waals surface area contributed by atoms with E-state index in [4.69, 9.17) is 0 Å². The molecule has 0 spiro atoms. The Bertz CT molecular complexity index is 597. The Morgan fingerprint density at radius 1 is 1.22 bits per heavy atom. The van der Waals surface area contributed by atoms with Gasteiger partial charge in [0.05, 0.1) is 0 Å². The summed E-state index contributed by atoms with van der Waals surface area (Å²) in [5.74, 6) is 0.0185. The van der Waals surface area contributed by atoms with Crippen LogP contribution in [0, 0.1) is 20.8 Å². The van der Waals surface area contributed by atoms with Gasteiger partial charge in [-0.05, 0) is 75.1 Å². The van der Waals surface area contributed by atoms with Crippen LogP contribution >= 0.6 is 15.9 Å². The summed E-state index contributed by atoms with van der Waals surface area (Å²) in [6.45, 7) is 13.0. The zero-order valence-corrected chi connectivity index (χ0v) is 16.3. The van der Waals surface area contributed by atoms with Gasteiger partial charge in [-0.3, -0.25) is 9.78 Å². The van der Waals surface area contributed by atoms with E-state index in [-0.39, 0.29) is 5.78 Å². The Kier molecular flexibility index (Phi) is 10.9. The second kappa shape index (κ2) is 11.8. The molecule has 0 aliphatic heterocycles. The van der Waals surface area contributed by atoms with Crippen molar-refractivity contribution in [2.45, 2.75) is 41.0 Å². The largest absolute Gasteiger partial charge is 0.295 e. The summed E-state index contributed by atoms with van der Waals surface area (Å²) < 4.78 is 1.17. The fourth-order valence-corrected chi connectivity index (χ4v) is 2.07. The van der Waals surface area contributed by atoms with Gasteiger partial charge in [0.25, 0.3) is 0 Å². The minimum atomic E-state index is 0.0185. The quantitative estimate of drug-likeness (QED) is 0.622. The van der Waals surface area contributed by atoms with E-state index < -0.39 is 0 Å². The highest BCUT2D eigenvalue weighted by atomic mass is 79.9. The second-order valence-corrected chi connectivity index (χ2v) is 6.13. The van der Waals surface area contributed by atoms with E-state index in [1.54, 1.807) is 0 Å². The van der Waals surface area contributed by atoms with Gasteiger partial charge in [0, 0.05) is 16.4 Å². The van der Waals surface area contributed by atoms with Crippen LogP contribution in [0.25, 0.3) is 0 Å². The first-order valence-electron chi connectivity index (χ1n) is 7.57. The molecule has 1 heterocycles. The molecule has 0 saturated carbocycles. The molecule has 2 rings (SSSR count). The molecule has 0 aliphatic carbocycles. The Hall–Kier alpha value is -1.74. The van der Waals surface area contributed by atoms with Gasteiger partial charge in [-0.15, -0.1) is 0 Å². The predicted octanol–water partition coefficient (Wildman–Crippen LogP) is 5.78. The lowest BCUT2D eigenvalue weighted by molar-refractivity contribution is -0.112. The third kappa shape index (κ3) is 10.6. The van der Waals surface area contributed by atoms with Crippen molar-refractivity contribution in [1.29, 1.82) is 0 Å². The standard InChI is InChI=1S/C9H11Br.C7H9N.C4H6O/c1-3-8-4-5-9(10)6-7(8)2;1-6-3-4-7(2)8-5-6;1-3-4(2)5/h4-6H,3H2,1-2H3;3-5H,1-2H3;3H,1H2,2H3. The predicted molar refractivity (Wildman–Crippen MR) is 103 cm³/mol. The van der Waals surface area contributed by atoms with E-state index in [1.165, 1.54) is 34.2 Å². The third-order valence-corrected chi connectivity index (χ3v) is 3.53. The summed E-state index contributed by atoms with van der Waals surface area (Å²) in [4.78, 5) is 13.8. The van der Waals surface area contributed by atoms with Crippen molar-refractivity contribution in [3.63, 3.8) is 0 Å². The lowest BCUT2D eigenvalue weighted by atomic mass is 10.1. The van der Waals surface area contributed by atoms with E-state index in [0.717, 1.165) is 12.1 Å². The molecule has 0 N–H and O–H groups in total. The Morgan fingerprint density at radius 2 is 1.83 bits per heavy atom. The number of nitrogens with zero attached hydrogens (tertiary/aromatic N) is 1. The zero-order valence-electron chi connectivity index (χ0n) is 14.7. The van der Waals surface area contributed by atoms with Crippen LogP contribution in [0.2, 0.25) is 0 Å². The van der Waals surface area contributed by atoms with Gasteiger partial charge in [0.15, 0.2) is 5.78 Å². The molecule has 0 radical (unpaired) electrons. The SMILES string of the molecule is C=CC(C)=O.CCc1ccc(Br)cc1C.Cc1ccc(C)nc1. The summed E-state index contributed by atoms with van der Waals surface area (Å²) in [5, 5.41) is 0. The van der Waals surface area contributed by atoms with E-state index in [2.05, 4.69) is 65.6 Å². The first kappa shape index (κ1) is 21.3. The smallest absolute Gasteiger partial charge is 0.152 e. The van der Waals surface area contributed by atoms with Crippen molar-refractivity contribution < 1.29 is 4.79 Å². The number of carbonyl (C=O) groups is 1. The van der Waals surface area contributed by atoms with E-state index in [1.807, 2.05) is 26.1 Å². The van der Waals surface area contributed by atoms with Crippen LogP contribution in [0.3, 0.4) is 0 Å². The van der Waals surface area contributed by atoms with E-state index >= 15 is 0 Å². The fourth-order valence-electron chi connectivity index (χ4n) is 1.60. The van der Waals surface area contributed by atoms with Crippen molar-refractivity contribution in [3.8, 4) is 0 Å². The maximum Gasteiger partial charge on any atom is 0.152 e. The molecule has 0 atom stereocenters. The van der Waals surface area contributed by atoms with Gasteiger partial charge in [-0.2, -0.15) is 0 Å². The van der Waals surface area contributed by atoms with E-state index in [9.17, 15) is 4.79 Å². The van der Waals surface area contributed by atoms with Gasteiger partial charge >= 0.3 is 0 Å². The molecule has 0 saturated heterocycles. The average molecular weight is 376 g/mol. The number of hydrogen-bond acceptors (Lipinski definition) is 2. The number of halogens is 1. The Balaban J connectivity index is 0.000000335. The maximum atomic E-state index is 9.69. The van der Waals surface area contributed by atoms with Crippen molar-refractivity contribution in [1.82, 2.24) is 4.98 Å². The molecule has 23 heavy (non-hydrogen) atoms. The van der Waals surface area contributed by atoms with Crippen molar-refractivity contribution >= 4 is 21.7 Å². The van der Waals surface area contributed by atoms with Crippen LogP contribution in [0.5, 0.6) is 0 Å². The number of allylic oxidation sites excluding steroid dienone is 1. The number of rotatable bonds is 2. The molecule has 1 aromatic carbocycles. The van der Waals surface area contributed by atoms with Crippen molar-refractivity contribution in [3.05, 3.63) is 76.0 Å². The van der Waals surface area contributed by atoms with Crippen molar-refractivity contribution in [2.75, 3.05) is 0 Å². The summed E-state index contributed by atoms with van der Waals surface area (Å²) in [6.07, 6.45) is 4.27. The second-order valence-electron chi connectivity index (χ2n) is 5.22. The van der Waals surface area contributed by atoms with Crippen LogP contribution in [-0.4, -0.2) is 10.8 Å². The molecule has 2 aromatic rings. The number of aryl methyl sites for hydroxylation is 4. The van der Waals surface area contributed by atoms with Gasteiger partial charge in [0.1, 0.15) is 0 Å². The summed E-state index contributed by atoms with van der Waals surface area (Å²) in [5.41, 5.74) is 5.10. The summed E-state index contributed by atoms with van der Waals surface area (Å²) in [6, 6.07) is 10.5. The number of benzene rings is 1. The molecule has 3 heteroatoms. The zero-order chi connectivity index (χ0) is 17.8. The fraction of sp³-hybridized carbons (Fsp3) is 0.300. The molecular weight excluding hydrogens is 350 g/mol. The van der Waals surface area contributed by atoms with Gasteiger partial charge < -0.3 is 0 Å². The van der Waals surface area contributed by atoms with Crippen LogP contribution in [-0.2, 0) is 11.2 Å². The number of carbonyl (C=O) groups excluding carboxylic acids is 1. The topological polar surface area (TPSA) is 30.0 Å². The van der Waals surface area contributed by atoms with Gasteiger partial charge in [0.2, 0.25) is 0 Å². The highest BCUT2D eigenvalue weighted by Crippen LogP contribution is 2.15. The minimum absolute atomic E-state index is 0.0185. The highest BCUT2D eigenvalue weighted by molar-refractivity contribution is 9.10. The van der Waals surface area contributed by atoms with Crippen LogP contribution in [0.4, 0.5) is 0 Å². The maximum absolute atomic E-state index is 9.69.